The van der Waals surface area contributed by atoms with E-state index in [2.05, 4.69) is 21.2 Å². The first-order valence-corrected chi connectivity index (χ1v) is 14.4. The SMILES string of the molecule is COC(=O)C1CCC(CNC(=O)CCCCCN2C(=O)CC(Sc3ccc(CBr)cc3)C2=O)CC1. The van der Waals surface area contributed by atoms with E-state index < -0.39 is 0 Å². The molecule has 1 aromatic carbocycles. The average molecular weight is 568 g/mol. The van der Waals surface area contributed by atoms with Crippen LogP contribution < -0.4 is 5.32 Å². The third-order valence-electron chi connectivity index (χ3n) is 6.81. The van der Waals surface area contributed by atoms with Crippen molar-refractivity contribution in [2.45, 2.75) is 73.3 Å². The largest absolute Gasteiger partial charge is 0.469 e. The fourth-order valence-electron chi connectivity index (χ4n) is 4.65. The fraction of sp³-hybridized carbons (Fsp3) is 0.615. The Bertz CT molecular complexity index is 886. The van der Waals surface area contributed by atoms with Gasteiger partial charge in [0, 0.05) is 36.2 Å². The highest BCUT2D eigenvalue weighted by atomic mass is 79.9. The molecular weight excluding hydrogens is 532 g/mol. The molecule has 0 aromatic heterocycles. The Kier molecular flexibility index (Phi) is 11.1. The summed E-state index contributed by atoms with van der Waals surface area (Å²) in [6, 6.07) is 8.00. The number of methoxy groups -OCH3 is 1. The van der Waals surface area contributed by atoms with Gasteiger partial charge in [-0.25, -0.2) is 0 Å². The van der Waals surface area contributed by atoms with Gasteiger partial charge in [0.15, 0.2) is 0 Å². The maximum Gasteiger partial charge on any atom is 0.308 e. The second kappa shape index (κ2) is 14.0. The van der Waals surface area contributed by atoms with E-state index in [0.717, 1.165) is 48.8 Å². The van der Waals surface area contributed by atoms with Crippen LogP contribution in [0, 0.1) is 11.8 Å². The summed E-state index contributed by atoms with van der Waals surface area (Å²) in [5.74, 6) is 0.115. The Labute approximate surface area is 220 Å². The van der Waals surface area contributed by atoms with Gasteiger partial charge in [0.1, 0.15) is 0 Å². The molecule has 1 saturated carbocycles. The van der Waals surface area contributed by atoms with E-state index in [4.69, 9.17) is 4.74 Å². The van der Waals surface area contributed by atoms with Gasteiger partial charge >= 0.3 is 5.97 Å². The third kappa shape index (κ3) is 8.34. The maximum atomic E-state index is 12.7. The van der Waals surface area contributed by atoms with Crippen LogP contribution >= 0.6 is 27.7 Å². The predicted octanol–water partition coefficient (Wildman–Crippen LogP) is 4.46. The number of hydrogen-bond acceptors (Lipinski definition) is 6. The molecule has 0 radical (unpaired) electrons. The van der Waals surface area contributed by atoms with Crippen LogP contribution in [0.2, 0.25) is 0 Å². The molecule has 3 amide bonds. The zero-order valence-electron chi connectivity index (χ0n) is 20.3. The Morgan fingerprint density at radius 3 is 2.46 bits per heavy atom. The molecule has 1 heterocycles. The van der Waals surface area contributed by atoms with Crippen molar-refractivity contribution in [1.29, 1.82) is 0 Å². The Morgan fingerprint density at radius 2 is 1.80 bits per heavy atom. The quantitative estimate of drug-likeness (QED) is 0.174. The van der Waals surface area contributed by atoms with Gasteiger partial charge in [-0.2, -0.15) is 0 Å². The van der Waals surface area contributed by atoms with Crippen molar-refractivity contribution in [1.82, 2.24) is 10.2 Å². The van der Waals surface area contributed by atoms with Crippen molar-refractivity contribution in [3.05, 3.63) is 29.8 Å². The number of carbonyl (C=O) groups is 4. The van der Waals surface area contributed by atoms with Crippen LogP contribution in [0.3, 0.4) is 0 Å². The molecule has 1 saturated heterocycles. The lowest BCUT2D eigenvalue weighted by atomic mass is 9.82. The molecule has 1 N–H and O–H groups in total. The number of benzene rings is 1. The lowest BCUT2D eigenvalue weighted by Gasteiger charge is -2.26. The summed E-state index contributed by atoms with van der Waals surface area (Å²) in [4.78, 5) is 51.2. The summed E-state index contributed by atoms with van der Waals surface area (Å²) in [6.45, 7) is 1.07. The van der Waals surface area contributed by atoms with Crippen LogP contribution in [0.25, 0.3) is 0 Å². The molecule has 7 nitrogen and oxygen atoms in total. The normalized spacial score (nSPS) is 22.3. The molecule has 2 fully saturated rings. The van der Waals surface area contributed by atoms with Crippen LogP contribution in [-0.2, 0) is 29.2 Å². The second-order valence-electron chi connectivity index (χ2n) is 9.33. The van der Waals surface area contributed by atoms with Gasteiger partial charge in [-0.05, 0) is 62.1 Å². The lowest BCUT2D eigenvalue weighted by molar-refractivity contribution is -0.147. The van der Waals surface area contributed by atoms with Gasteiger partial charge in [0.25, 0.3) is 0 Å². The standard InChI is InChI=1S/C26H35BrN2O5S/c1-34-26(33)20-10-6-19(7-11-20)17-28-23(30)5-3-2-4-14-29-24(31)15-22(25(29)32)35-21-12-8-18(16-27)9-13-21/h8-9,12-13,19-20,22H,2-7,10-11,14-17H2,1H3,(H,28,30). The first-order valence-electron chi connectivity index (χ1n) is 12.4. The zero-order chi connectivity index (χ0) is 25.2. The van der Waals surface area contributed by atoms with Crippen molar-refractivity contribution < 1.29 is 23.9 Å². The minimum absolute atomic E-state index is 0.000800. The van der Waals surface area contributed by atoms with Crippen molar-refractivity contribution in [3.8, 4) is 0 Å². The van der Waals surface area contributed by atoms with Crippen molar-refractivity contribution >= 4 is 51.4 Å². The highest BCUT2D eigenvalue weighted by Gasteiger charge is 2.38. The van der Waals surface area contributed by atoms with E-state index in [1.165, 1.54) is 29.3 Å². The monoisotopic (exact) mass is 566 g/mol. The molecule has 0 spiro atoms. The van der Waals surface area contributed by atoms with Crippen LogP contribution in [0.15, 0.2) is 29.2 Å². The number of carbonyl (C=O) groups excluding carboxylic acids is 4. The minimum atomic E-state index is -0.356. The van der Waals surface area contributed by atoms with Crippen LogP contribution in [0.1, 0.15) is 63.4 Å². The first kappa shape index (κ1) is 27.7. The Balaban J connectivity index is 1.27. The second-order valence-corrected chi connectivity index (χ2v) is 11.2. The average Bonchev–Trinajstić information content (AvgIpc) is 3.14. The van der Waals surface area contributed by atoms with E-state index in [9.17, 15) is 19.2 Å². The van der Waals surface area contributed by atoms with Crippen molar-refractivity contribution in [2.75, 3.05) is 20.2 Å². The topological polar surface area (TPSA) is 92.8 Å². The number of nitrogens with one attached hydrogen (secondary N) is 1. The summed E-state index contributed by atoms with van der Waals surface area (Å²) < 4.78 is 4.82. The van der Waals surface area contributed by atoms with E-state index in [1.807, 2.05) is 24.3 Å². The maximum absolute atomic E-state index is 12.7. The molecule has 35 heavy (non-hydrogen) atoms. The number of imide groups is 1. The van der Waals surface area contributed by atoms with Crippen molar-refractivity contribution in [2.24, 2.45) is 11.8 Å². The molecular formula is C26H35BrN2O5S. The third-order valence-corrected chi connectivity index (χ3v) is 8.66. The van der Waals surface area contributed by atoms with E-state index >= 15 is 0 Å². The number of esters is 1. The Hall–Kier alpha value is -1.87. The molecule has 0 bridgehead atoms. The fourth-order valence-corrected chi connectivity index (χ4v) is 6.10. The van der Waals surface area contributed by atoms with E-state index in [1.54, 1.807) is 0 Å². The number of unbranched alkanes of at least 4 members (excludes halogenated alkanes) is 2. The molecule has 1 atom stereocenters. The summed E-state index contributed by atoms with van der Waals surface area (Å²) in [5, 5.41) is 3.44. The Morgan fingerprint density at radius 1 is 1.09 bits per heavy atom. The van der Waals surface area contributed by atoms with E-state index in [0.29, 0.717) is 31.8 Å². The highest BCUT2D eigenvalue weighted by Crippen LogP contribution is 2.32. The summed E-state index contributed by atoms with van der Waals surface area (Å²) in [6.07, 6.45) is 6.43. The summed E-state index contributed by atoms with van der Waals surface area (Å²) in [5.41, 5.74) is 1.17. The number of amides is 3. The summed E-state index contributed by atoms with van der Waals surface area (Å²) >= 11 is 4.87. The van der Waals surface area contributed by atoms with Crippen molar-refractivity contribution in [3.63, 3.8) is 0 Å². The number of ether oxygens (including phenoxy) is 1. The van der Waals surface area contributed by atoms with Gasteiger partial charge in [-0.15, -0.1) is 11.8 Å². The van der Waals surface area contributed by atoms with Crippen LogP contribution in [0.4, 0.5) is 0 Å². The lowest BCUT2D eigenvalue weighted by Crippen LogP contribution is -2.33. The van der Waals surface area contributed by atoms with E-state index in [-0.39, 0.29) is 41.3 Å². The molecule has 3 rings (SSSR count). The van der Waals surface area contributed by atoms with Crippen LogP contribution in [-0.4, -0.2) is 54.0 Å². The molecule has 192 valence electrons. The van der Waals surface area contributed by atoms with Gasteiger partial charge in [-0.1, -0.05) is 34.5 Å². The predicted molar refractivity (Wildman–Crippen MR) is 139 cm³/mol. The molecule has 9 heteroatoms. The number of nitrogens with zero attached hydrogens (tertiary/aromatic N) is 1. The molecule has 1 aromatic rings. The smallest absolute Gasteiger partial charge is 0.308 e. The molecule has 2 aliphatic rings. The summed E-state index contributed by atoms with van der Waals surface area (Å²) in [7, 11) is 1.43. The molecule has 1 aliphatic heterocycles. The number of thioether (sulfide) groups is 1. The highest BCUT2D eigenvalue weighted by molar-refractivity contribution is 9.08. The number of halogens is 1. The van der Waals surface area contributed by atoms with Gasteiger partial charge in [0.2, 0.25) is 17.7 Å². The molecule has 1 unspecified atom stereocenters. The van der Waals surface area contributed by atoms with Gasteiger partial charge in [-0.3, -0.25) is 24.1 Å². The van der Waals surface area contributed by atoms with Gasteiger partial charge < -0.3 is 10.1 Å². The van der Waals surface area contributed by atoms with Gasteiger partial charge in [0.05, 0.1) is 18.3 Å². The number of hydrogen-bond donors (Lipinski definition) is 1. The minimum Gasteiger partial charge on any atom is -0.469 e. The number of alkyl halides is 1. The van der Waals surface area contributed by atoms with Crippen LogP contribution in [0.5, 0.6) is 0 Å². The first-order chi connectivity index (χ1) is 16.9. The number of rotatable bonds is 12. The molecule has 1 aliphatic carbocycles. The number of likely N-dealkylation sites (tertiary alicyclic amines) is 1. The zero-order valence-corrected chi connectivity index (χ0v) is 22.7.